The number of rotatable bonds is 4. The van der Waals surface area contributed by atoms with Crippen molar-refractivity contribution in [2.45, 2.75) is 12.3 Å². The summed E-state index contributed by atoms with van der Waals surface area (Å²) < 4.78 is 0. The van der Waals surface area contributed by atoms with Crippen LogP contribution in [0.4, 0.5) is 9.59 Å². The molecule has 4 N–H and O–H groups in total. The molecule has 2 heterocycles. The van der Waals surface area contributed by atoms with Gasteiger partial charge >= 0.3 is 12.1 Å². The molecular weight excluding hydrogens is 359 g/mol. The zero-order valence-electron chi connectivity index (χ0n) is 12.0. The highest BCUT2D eigenvalue weighted by atomic mass is 35.5. The van der Waals surface area contributed by atoms with E-state index in [-0.39, 0.29) is 6.54 Å². The quantitative estimate of drug-likeness (QED) is 0.455. The van der Waals surface area contributed by atoms with Gasteiger partial charge in [0.05, 0.1) is 11.2 Å². The van der Waals surface area contributed by atoms with Crippen LogP contribution in [0, 0.1) is 0 Å². The largest absolute Gasteiger partial charge is 0.321 e. The number of amides is 5. The number of hydrogen-bond acceptors (Lipinski definition) is 4. The number of halogens is 2. The van der Waals surface area contributed by atoms with Crippen LogP contribution in [-0.4, -0.2) is 48.0 Å². The molecule has 11 heteroatoms. The van der Waals surface area contributed by atoms with Crippen LogP contribution in [0.3, 0.4) is 0 Å². The molecule has 1 aromatic rings. The highest BCUT2D eigenvalue weighted by molar-refractivity contribution is 6.36. The van der Waals surface area contributed by atoms with Gasteiger partial charge in [-0.15, -0.1) is 0 Å². The molecule has 9 nitrogen and oxygen atoms in total. The second-order valence-electron chi connectivity index (χ2n) is 5.08. The number of urea groups is 2. The molecule has 0 saturated carbocycles. The first-order valence-corrected chi connectivity index (χ1v) is 7.61. The van der Waals surface area contributed by atoms with Gasteiger partial charge in [0.25, 0.3) is 5.91 Å². The number of carbonyl (C=O) groups is 3. The molecule has 2 saturated heterocycles. The fourth-order valence-corrected chi connectivity index (χ4v) is 2.79. The molecule has 24 heavy (non-hydrogen) atoms. The van der Waals surface area contributed by atoms with E-state index in [1.807, 2.05) is 0 Å². The second kappa shape index (κ2) is 6.54. The minimum Gasteiger partial charge on any atom is -0.314 e. The molecule has 5 amide bonds. The van der Waals surface area contributed by atoms with Crippen molar-refractivity contribution in [3.8, 4) is 0 Å². The zero-order chi connectivity index (χ0) is 17.3. The van der Waals surface area contributed by atoms with E-state index in [0.717, 1.165) is 0 Å². The van der Waals surface area contributed by atoms with Crippen molar-refractivity contribution in [3.63, 3.8) is 0 Å². The maximum Gasteiger partial charge on any atom is 0.321 e. The van der Waals surface area contributed by atoms with Crippen LogP contribution in [0.2, 0.25) is 10.0 Å². The van der Waals surface area contributed by atoms with E-state index in [9.17, 15) is 14.4 Å². The Morgan fingerprint density at radius 2 is 2.08 bits per heavy atom. The van der Waals surface area contributed by atoms with Gasteiger partial charge in [-0.1, -0.05) is 29.3 Å². The molecule has 2 unspecified atom stereocenters. The molecular formula is C13H12Cl2N6O3. The van der Waals surface area contributed by atoms with Crippen molar-refractivity contribution >= 4 is 47.4 Å². The minimum absolute atomic E-state index is 0.263. The number of nitrogens with zero attached hydrogens (tertiary/aromatic N) is 2. The van der Waals surface area contributed by atoms with Crippen LogP contribution in [0.5, 0.6) is 0 Å². The number of benzene rings is 1. The van der Waals surface area contributed by atoms with Gasteiger partial charge in [-0.3, -0.25) is 9.69 Å². The van der Waals surface area contributed by atoms with Gasteiger partial charge in [0.15, 0.2) is 0 Å². The number of hydrazone groups is 1. The van der Waals surface area contributed by atoms with Gasteiger partial charge in [0, 0.05) is 10.6 Å². The highest BCUT2D eigenvalue weighted by Gasteiger charge is 2.45. The van der Waals surface area contributed by atoms with Crippen molar-refractivity contribution in [1.82, 2.24) is 26.3 Å². The number of fused-ring (bicyclic) bond motifs is 1. The lowest BCUT2D eigenvalue weighted by Crippen LogP contribution is -2.47. The molecule has 2 atom stereocenters. The third kappa shape index (κ3) is 3.36. The summed E-state index contributed by atoms with van der Waals surface area (Å²) in [7, 11) is 0. The van der Waals surface area contributed by atoms with E-state index in [1.54, 1.807) is 18.2 Å². The Morgan fingerprint density at radius 1 is 1.29 bits per heavy atom. The van der Waals surface area contributed by atoms with E-state index in [2.05, 4.69) is 26.5 Å². The Kier molecular flexibility index (Phi) is 4.45. The summed E-state index contributed by atoms with van der Waals surface area (Å²) in [5, 5.41) is 12.3. The fraction of sp³-hybridized carbons (Fsp3) is 0.231. The summed E-state index contributed by atoms with van der Waals surface area (Å²) in [5.41, 5.74) is 2.87. The number of carbonyl (C=O) groups excluding carboxylic acids is 3. The Morgan fingerprint density at radius 3 is 2.83 bits per heavy atom. The third-order valence-corrected chi connectivity index (χ3v) is 3.99. The Labute approximate surface area is 146 Å². The van der Waals surface area contributed by atoms with Crippen LogP contribution in [-0.2, 0) is 4.79 Å². The normalized spacial score (nSPS) is 22.2. The third-order valence-electron chi connectivity index (χ3n) is 3.43. The lowest BCUT2D eigenvalue weighted by molar-refractivity contribution is -0.121. The maximum absolute atomic E-state index is 11.9. The highest BCUT2D eigenvalue weighted by Crippen LogP contribution is 2.19. The van der Waals surface area contributed by atoms with E-state index < -0.39 is 30.3 Å². The monoisotopic (exact) mass is 370 g/mol. The summed E-state index contributed by atoms with van der Waals surface area (Å²) >= 11 is 11.8. The molecule has 1 aromatic carbocycles. The fourth-order valence-electron chi connectivity index (χ4n) is 2.33. The van der Waals surface area contributed by atoms with Crippen molar-refractivity contribution in [3.05, 3.63) is 33.8 Å². The lowest BCUT2D eigenvalue weighted by atomic mass is 10.2. The molecule has 2 aliphatic heterocycles. The average molecular weight is 371 g/mol. The van der Waals surface area contributed by atoms with Crippen molar-refractivity contribution in [1.29, 1.82) is 0 Å². The maximum atomic E-state index is 11.9. The first-order valence-electron chi connectivity index (χ1n) is 6.85. The first kappa shape index (κ1) is 16.3. The Balaban J connectivity index is 1.57. The van der Waals surface area contributed by atoms with Crippen LogP contribution in [0.15, 0.2) is 23.3 Å². The molecule has 0 bridgehead atoms. The molecule has 0 radical (unpaired) electrons. The van der Waals surface area contributed by atoms with Gasteiger partial charge in [-0.2, -0.15) is 5.10 Å². The predicted octanol–water partition coefficient (Wildman–Crippen LogP) is 0.434. The van der Waals surface area contributed by atoms with Gasteiger partial charge in [-0.25, -0.2) is 15.0 Å². The van der Waals surface area contributed by atoms with Crippen LogP contribution < -0.4 is 21.4 Å². The SMILES string of the molecule is O=C(CN1C(=O)NC2NC(=O)NC21)NN=Cc1ccc(Cl)cc1Cl. The predicted molar refractivity (Wildman–Crippen MR) is 86.7 cm³/mol. The van der Waals surface area contributed by atoms with Crippen LogP contribution >= 0.6 is 23.2 Å². The molecule has 0 aliphatic carbocycles. The molecule has 2 aliphatic rings. The van der Waals surface area contributed by atoms with Gasteiger partial charge in [0.1, 0.15) is 18.9 Å². The van der Waals surface area contributed by atoms with E-state index in [4.69, 9.17) is 23.2 Å². The molecule has 0 aromatic heterocycles. The standard InChI is InChI=1S/C13H12Cl2N6O3/c14-7-2-1-6(8(15)3-7)4-16-20-9(22)5-21-11-10(18-13(21)24)17-12(23)19-11/h1-4,10-11H,5H2,(H,18,24)(H,20,22)(H2,17,19,23). The van der Waals surface area contributed by atoms with Crippen molar-refractivity contribution < 1.29 is 14.4 Å². The van der Waals surface area contributed by atoms with Gasteiger partial charge in [0.2, 0.25) is 0 Å². The number of hydrogen-bond donors (Lipinski definition) is 4. The lowest BCUT2D eigenvalue weighted by Gasteiger charge is -2.19. The minimum atomic E-state index is -0.620. The topological polar surface area (TPSA) is 115 Å². The summed E-state index contributed by atoms with van der Waals surface area (Å²) in [4.78, 5) is 36.1. The molecule has 3 rings (SSSR count). The first-order chi connectivity index (χ1) is 11.4. The van der Waals surface area contributed by atoms with Crippen molar-refractivity contribution in [2.24, 2.45) is 5.10 Å². The molecule has 2 fully saturated rings. The summed E-state index contributed by atoms with van der Waals surface area (Å²) in [6.07, 6.45) is 0.182. The van der Waals surface area contributed by atoms with Crippen LogP contribution in [0.1, 0.15) is 5.56 Å². The van der Waals surface area contributed by atoms with Gasteiger partial charge < -0.3 is 16.0 Å². The second-order valence-corrected chi connectivity index (χ2v) is 5.92. The van der Waals surface area contributed by atoms with E-state index in [0.29, 0.717) is 15.6 Å². The Bertz CT molecular complexity index is 740. The zero-order valence-corrected chi connectivity index (χ0v) is 13.6. The number of nitrogens with one attached hydrogen (secondary N) is 4. The molecule has 0 spiro atoms. The Hall–Kier alpha value is -2.52. The van der Waals surface area contributed by atoms with Crippen molar-refractivity contribution in [2.75, 3.05) is 6.54 Å². The van der Waals surface area contributed by atoms with E-state index >= 15 is 0 Å². The summed E-state index contributed by atoms with van der Waals surface area (Å²) in [5.74, 6) is -0.520. The smallest absolute Gasteiger partial charge is 0.314 e. The van der Waals surface area contributed by atoms with Crippen LogP contribution in [0.25, 0.3) is 0 Å². The summed E-state index contributed by atoms with van der Waals surface area (Å²) in [6, 6.07) is 3.97. The summed E-state index contributed by atoms with van der Waals surface area (Å²) in [6.45, 7) is -0.263. The van der Waals surface area contributed by atoms with E-state index in [1.165, 1.54) is 11.1 Å². The average Bonchev–Trinajstić information content (AvgIpc) is 2.99. The molecule has 126 valence electrons. The van der Waals surface area contributed by atoms with Gasteiger partial charge in [-0.05, 0) is 12.1 Å².